The van der Waals surface area contributed by atoms with Gasteiger partial charge in [-0.25, -0.2) is 4.98 Å². The van der Waals surface area contributed by atoms with Gasteiger partial charge in [0.05, 0.1) is 18.7 Å². The second-order valence-electron chi connectivity index (χ2n) is 7.27. The highest BCUT2D eigenvalue weighted by Gasteiger charge is 2.20. The lowest BCUT2D eigenvalue weighted by Gasteiger charge is -2.25. The molecule has 1 N–H and O–H groups in total. The van der Waals surface area contributed by atoms with E-state index >= 15 is 0 Å². The van der Waals surface area contributed by atoms with E-state index in [9.17, 15) is 4.79 Å². The lowest BCUT2D eigenvalue weighted by molar-refractivity contribution is 0.0941. The summed E-state index contributed by atoms with van der Waals surface area (Å²) in [6, 6.07) is 15.7. The highest BCUT2D eigenvalue weighted by Crippen LogP contribution is 2.22. The first kappa shape index (κ1) is 20.6. The summed E-state index contributed by atoms with van der Waals surface area (Å²) >= 11 is 0. The zero-order chi connectivity index (χ0) is 21.0. The summed E-state index contributed by atoms with van der Waals surface area (Å²) in [5.74, 6) is 1.55. The van der Waals surface area contributed by atoms with Crippen molar-refractivity contribution in [1.82, 2.24) is 19.8 Å². The van der Waals surface area contributed by atoms with Crippen LogP contribution in [-0.4, -0.2) is 48.1 Å². The molecule has 6 nitrogen and oxygen atoms in total. The number of methoxy groups -OCH3 is 1. The first-order chi connectivity index (χ1) is 13.9. The van der Waals surface area contributed by atoms with E-state index in [0.29, 0.717) is 12.1 Å². The van der Waals surface area contributed by atoms with Crippen LogP contribution in [-0.2, 0) is 0 Å². The first-order valence-electron chi connectivity index (χ1n) is 9.61. The van der Waals surface area contributed by atoms with E-state index in [1.807, 2.05) is 81.0 Å². The quantitative estimate of drug-likeness (QED) is 0.668. The van der Waals surface area contributed by atoms with E-state index in [-0.39, 0.29) is 11.9 Å². The molecule has 0 radical (unpaired) electrons. The van der Waals surface area contributed by atoms with Crippen molar-refractivity contribution in [2.45, 2.75) is 19.9 Å². The molecule has 0 saturated heterocycles. The molecule has 0 bridgehead atoms. The molecular formula is C23H28N4O2. The lowest BCUT2D eigenvalue weighted by Crippen LogP contribution is -2.34. The van der Waals surface area contributed by atoms with Crippen molar-refractivity contribution in [3.05, 3.63) is 77.2 Å². The van der Waals surface area contributed by atoms with Gasteiger partial charge in [-0.15, -0.1) is 0 Å². The third-order valence-electron chi connectivity index (χ3n) is 5.13. The molecule has 3 aromatic rings. The highest BCUT2D eigenvalue weighted by atomic mass is 16.5. The number of ether oxygens (including phenoxy) is 1. The van der Waals surface area contributed by atoms with Crippen molar-refractivity contribution in [1.29, 1.82) is 0 Å². The van der Waals surface area contributed by atoms with Crippen LogP contribution in [0, 0.1) is 13.8 Å². The number of carbonyl (C=O) groups excluding carboxylic acids is 1. The predicted octanol–water partition coefficient (Wildman–Crippen LogP) is 3.53. The predicted molar refractivity (Wildman–Crippen MR) is 115 cm³/mol. The van der Waals surface area contributed by atoms with Gasteiger partial charge in [-0.05, 0) is 63.8 Å². The fourth-order valence-corrected chi connectivity index (χ4v) is 3.54. The van der Waals surface area contributed by atoms with Crippen LogP contribution in [0.2, 0.25) is 0 Å². The number of rotatable bonds is 7. The van der Waals surface area contributed by atoms with Gasteiger partial charge in [0.25, 0.3) is 5.91 Å². The highest BCUT2D eigenvalue weighted by molar-refractivity contribution is 5.95. The van der Waals surface area contributed by atoms with Crippen LogP contribution in [0.15, 0.2) is 54.7 Å². The maximum atomic E-state index is 12.9. The van der Waals surface area contributed by atoms with Gasteiger partial charge in [0.15, 0.2) is 0 Å². The maximum absolute atomic E-state index is 12.9. The normalized spacial score (nSPS) is 12.1. The number of benzene rings is 1. The van der Waals surface area contributed by atoms with Gasteiger partial charge in [-0.3, -0.25) is 4.79 Å². The number of hydrogen-bond acceptors (Lipinski definition) is 4. The number of pyridine rings is 1. The van der Waals surface area contributed by atoms with E-state index in [1.165, 1.54) is 0 Å². The van der Waals surface area contributed by atoms with Gasteiger partial charge >= 0.3 is 0 Å². The van der Waals surface area contributed by atoms with Gasteiger partial charge in [0, 0.05) is 24.1 Å². The number of amides is 1. The molecule has 1 amide bonds. The van der Waals surface area contributed by atoms with Crippen LogP contribution >= 0.6 is 0 Å². The number of aromatic nitrogens is 2. The molecule has 0 fully saturated rings. The molecule has 0 saturated carbocycles. The summed E-state index contributed by atoms with van der Waals surface area (Å²) in [5, 5.41) is 3.09. The Labute approximate surface area is 172 Å². The number of nitrogens with one attached hydrogen (secondary N) is 1. The van der Waals surface area contributed by atoms with Gasteiger partial charge < -0.3 is 19.5 Å². The zero-order valence-corrected chi connectivity index (χ0v) is 17.6. The molecule has 2 heterocycles. The Kier molecular flexibility index (Phi) is 6.34. The molecule has 1 aromatic carbocycles. The fourth-order valence-electron chi connectivity index (χ4n) is 3.54. The minimum Gasteiger partial charge on any atom is -0.497 e. The Morgan fingerprint density at radius 3 is 2.48 bits per heavy atom. The van der Waals surface area contributed by atoms with Gasteiger partial charge in [-0.1, -0.05) is 18.2 Å². The summed E-state index contributed by atoms with van der Waals surface area (Å²) in [7, 11) is 5.67. The Morgan fingerprint density at radius 1 is 1.17 bits per heavy atom. The van der Waals surface area contributed by atoms with E-state index < -0.39 is 0 Å². The average Bonchev–Trinajstić information content (AvgIpc) is 3.03. The van der Waals surface area contributed by atoms with Crippen LogP contribution in [0.4, 0.5) is 0 Å². The molecule has 3 rings (SSSR count). The summed E-state index contributed by atoms with van der Waals surface area (Å²) in [6.07, 6.45) is 1.75. The Hall–Kier alpha value is -3.12. The smallest absolute Gasteiger partial charge is 0.253 e. The number of nitrogens with zero attached hydrogens (tertiary/aromatic N) is 3. The lowest BCUT2D eigenvalue weighted by atomic mass is 10.1. The zero-order valence-electron chi connectivity index (χ0n) is 17.6. The Morgan fingerprint density at radius 2 is 1.90 bits per heavy atom. The third-order valence-corrected chi connectivity index (χ3v) is 5.13. The van der Waals surface area contributed by atoms with Crippen LogP contribution in [0.25, 0.3) is 5.82 Å². The molecule has 0 aliphatic heterocycles. The average molecular weight is 393 g/mol. The third kappa shape index (κ3) is 4.49. The number of aryl methyl sites for hydroxylation is 1. The second kappa shape index (κ2) is 8.92. The molecule has 0 aliphatic carbocycles. The van der Waals surface area contributed by atoms with E-state index in [2.05, 4.69) is 15.2 Å². The SMILES string of the molecule is COc1ccc(C(CNC(=O)c2cc(C)n(-c3ccccn3)c2C)N(C)C)cc1. The van der Waals surface area contributed by atoms with Crippen molar-refractivity contribution in [2.24, 2.45) is 0 Å². The molecular weight excluding hydrogens is 364 g/mol. The van der Waals surface area contributed by atoms with Crippen molar-refractivity contribution in [2.75, 3.05) is 27.7 Å². The van der Waals surface area contributed by atoms with Crippen molar-refractivity contribution in [3.8, 4) is 11.6 Å². The van der Waals surface area contributed by atoms with Crippen LogP contribution in [0.3, 0.4) is 0 Å². The van der Waals surface area contributed by atoms with Crippen molar-refractivity contribution in [3.63, 3.8) is 0 Å². The minimum atomic E-state index is -0.0827. The maximum Gasteiger partial charge on any atom is 0.253 e. The van der Waals surface area contributed by atoms with Gasteiger partial charge in [0.1, 0.15) is 11.6 Å². The summed E-state index contributed by atoms with van der Waals surface area (Å²) in [6.45, 7) is 4.44. The minimum absolute atomic E-state index is 0.0594. The molecule has 2 aromatic heterocycles. The molecule has 0 aliphatic rings. The molecule has 6 heteroatoms. The topological polar surface area (TPSA) is 59.4 Å². The summed E-state index contributed by atoms with van der Waals surface area (Å²) in [4.78, 5) is 19.4. The Balaban J connectivity index is 1.77. The van der Waals surface area contributed by atoms with Crippen molar-refractivity contribution >= 4 is 5.91 Å². The number of hydrogen-bond donors (Lipinski definition) is 1. The van der Waals surface area contributed by atoms with Crippen LogP contribution in [0.5, 0.6) is 5.75 Å². The standard InChI is InChI=1S/C23H28N4O2/c1-16-14-20(17(2)27(16)22-8-6-7-13-24-22)23(28)25-15-21(26(3)4)18-9-11-19(29-5)12-10-18/h6-14,21H,15H2,1-5H3,(H,25,28). The monoisotopic (exact) mass is 392 g/mol. The van der Waals surface area contributed by atoms with Crippen molar-refractivity contribution < 1.29 is 9.53 Å². The van der Waals surface area contributed by atoms with Gasteiger partial charge in [-0.2, -0.15) is 0 Å². The number of carbonyl (C=O) groups is 1. The molecule has 1 unspecified atom stereocenters. The summed E-state index contributed by atoms with van der Waals surface area (Å²) in [5.41, 5.74) is 3.64. The molecule has 1 atom stereocenters. The molecule has 152 valence electrons. The molecule has 0 spiro atoms. The van der Waals surface area contributed by atoms with E-state index in [0.717, 1.165) is 28.5 Å². The first-order valence-corrected chi connectivity index (χ1v) is 9.61. The Bertz CT molecular complexity index is 963. The van der Waals surface area contributed by atoms with Crippen LogP contribution in [0.1, 0.15) is 33.4 Å². The van der Waals surface area contributed by atoms with E-state index in [4.69, 9.17) is 4.74 Å². The largest absolute Gasteiger partial charge is 0.497 e. The van der Waals surface area contributed by atoms with E-state index in [1.54, 1.807) is 13.3 Å². The fraction of sp³-hybridized carbons (Fsp3) is 0.304. The molecule has 29 heavy (non-hydrogen) atoms. The van der Waals surface area contributed by atoms with Crippen LogP contribution < -0.4 is 10.1 Å². The number of likely N-dealkylation sites (N-methyl/N-ethyl adjacent to an activating group) is 1. The summed E-state index contributed by atoms with van der Waals surface area (Å²) < 4.78 is 7.24. The van der Waals surface area contributed by atoms with Gasteiger partial charge in [0.2, 0.25) is 0 Å². The second-order valence-corrected chi connectivity index (χ2v) is 7.27.